The lowest BCUT2D eigenvalue weighted by Gasteiger charge is -2.14. The first-order chi connectivity index (χ1) is 15.0. The van der Waals surface area contributed by atoms with Crippen molar-refractivity contribution in [3.05, 3.63) is 76.0 Å². The molecule has 0 unspecified atom stereocenters. The Hall–Kier alpha value is -3.21. The van der Waals surface area contributed by atoms with E-state index in [1.54, 1.807) is 38.1 Å². The van der Waals surface area contributed by atoms with Crippen LogP contribution in [-0.2, 0) is 17.1 Å². The van der Waals surface area contributed by atoms with Crippen LogP contribution >= 0.6 is 0 Å². The van der Waals surface area contributed by atoms with Crippen LogP contribution in [0.2, 0.25) is 0 Å². The molecular formula is C22H22BN3O5S. The zero-order chi connectivity index (χ0) is 23.4. The van der Waals surface area contributed by atoms with Crippen LogP contribution in [0.5, 0.6) is 0 Å². The average molecular weight is 451 g/mol. The third-order valence-electron chi connectivity index (χ3n) is 5.34. The maximum atomic E-state index is 13.8. The molecule has 0 radical (unpaired) electrons. The van der Waals surface area contributed by atoms with E-state index in [0.29, 0.717) is 17.0 Å². The molecule has 0 amide bonds. The predicted molar refractivity (Wildman–Crippen MR) is 123 cm³/mol. The van der Waals surface area contributed by atoms with E-state index in [2.05, 4.69) is 4.98 Å². The van der Waals surface area contributed by atoms with Gasteiger partial charge in [-0.1, -0.05) is 17.7 Å². The molecule has 8 nitrogen and oxygen atoms in total. The minimum Gasteiger partial charge on any atom is -0.423 e. The summed E-state index contributed by atoms with van der Waals surface area (Å²) >= 11 is 0. The van der Waals surface area contributed by atoms with Gasteiger partial charge in [-0.05, 0) is 51.1 Å². The highest BCUT2D eigenvalue weighted by Crippen LogP contribution is 2.31. The van der Waals surface area contributed by atoms with Gasteiger partial charge in [0.2, 0.25) is 0 Å². The minimum absolute atomic E-state index is 0.0151. The van der Waals surface area contributed by atoms with Gasteiger partial charge in [-0.3, -0.25) is 9.78 Å². The van der Waals surface area contributed by atoms with Gasteiger partial charge in [0, 0.05) is 41.0 Å². The molecular weight excluding hydrogens is 429 g/mol. The maximum absolute atomic E-state index is 13.8. The molecule has 3 heterocycles. The second kappa shape index (κ2) is 7.73. The SMILES string of the molecule is Cc1ccc(S(=O)(=O)n2c(-c3cc(C)nc(C)c3)cc3c(B(O)O)cn(C)c(=O)c32)cc1. The first-order valence-corrected chi connectivity index (χ1v) is 11.3. The van der Waals surface area contributed by atoms with Crippen molar-refractivity contribution in [2.45, 2.75) is 25.7 Å². The topological polar surface area (TPSA) is 114 Å². The van der Waals surface area contributed by atoms with Crippen LogP contribution in [0, 0.1) is 20.8 Å². The molecule has 3 aromatic heterocycles. The summed E-state index contributed by atoms with van der Waals surface area (Å²) in [6, 6.07) is 11.3. The van der Waals surface area contributed by atoms with Crippen molar-refractivity contribution in [2.75, 3.05) is 0 Å². The van der Waals surface area contributed by atoms with Gasteiger partial charge < -0.3 is 14.6 Å². The Balaban J connectivity index is 2.21. The van der Waals surface area contributed by atoms with Crippen LogP contribution < -0.4 is 11.0 Å². The lowest BCUT2D eigenvalue weighted by molar-refractivity contribution is 0.426. The molecule has 0 spiro atoms. The molecule has 0 aliphatic heterocycles. The highest BCUT2D eigenvalue weighted by Gasteiger charge is 2.29. The molecule has 32 heavy (non-hydrogen) atoms. The van der Waals surface area contributed by atoms with E-state index >= 15 is 0 Å². The van der Waals surface area contributed by atoms with E-state index in [0.717, 1.165) is 14.1 Å². The fourth-order valence-corrected chi connectivity index (χ4v) is 5.40. The molecule has 2 N–H and O–H groups in total. The number of aromatic nitrogens is 3. The van der Waals surface area contributed by atoms with Crippen LogP contribution in [0.3, 0.4) is 0 Å². The quantitative estimate of drug-likeness (QED) is 0.452. The first kappa shape index (κ1) is 22.0. The van der Waals surface area contributed by atoms with Crippen LogP contribution in [0.1, 0.15) is 17.0 Å². The van der Waals surface area contributed by atoms with E-state index in [-0.39, 0.29) is 27.0 Å². The molecule has 10 heteroatoms. The Labute approximate surface area is 185 Å². The molecule has 164 valence electrons. The summed E-state index contributed by atoms with van der Waals surface area (Å²) in [5, 5.41) is 20.0. The monoisotopic (exact) mass is 451 g/mol. The van der Waals surface area contributed by atoms with Crippen molar-refractivity contribution in [2.24, 2.45) is 7.05 Å². The van der Waals surface area contributed by atoms with Crippen molar-refractivity contribution in [1.29, 1.82) is 0 Å². The number of rotatable bonds is 4. The summed E-state index contributed by atoms with van der Waals surface area (Å²) in [6.07, 6.45) is 1.30. The number of hydrogen-bond donors (Lipinski definition) is 2. The summed E-state index contributed by atoms with van der Waals surface area (Å²) in [6.45, 7) is 5.43. The molecule has 4 aromatic rings. The third kappa shape index (κ3) is 3.56. The van der Waals surface area contributed by atoms with E-state index in [1.165, 1.54) is 31.4 Å². The van der Waals surface area contributed by atoms with Gasteiger partial charge in [-0.15, -0.1) is 0 Å². The molecule has 0 atom stereocenters. The van der Waals surface area contributed by atoms with Crippen LogP contribution in [0.15, 0.2) is 58.4 Å². The van der Waals surface area contributed by atoms with Crippen molar-refractivity contribution in [3.63, 3.8) is 0 Å². The molecule has 0 saturated heterocycles. The molecule has 0 fully saturated rings. The largest absolute Gasteiger partial charge is 0.490 e. The molecule has 0 aliphatic carbocycles. The average Bonchev–Trinajstić information content (AvgIpc) is 3.12. The number of nitrogens with zero attached hydrogens (tertiary/aromatic N) is 3. The Morgan fingerprint density at radius 2 is 1.56 bits per heavy atom. The number of pyridine rings is 2. The lowest BCUT2D eigenvalue weighted by Crippen LogP contribution is -2.36. The van der Waals surface area contributed by atoms with Crippen molar-refractivity contribution in [3.8, 4) is 11.3 Å². The highest BCUT2D eigenvalue weighted by molar-refractivity contribution is 7.90. The van der Waals surface area contributed by atoms with Crippen molar-refractivity contribution in [1.82, 2.24) is 13.5 Å². The van der Waals surface area contributed by atoms with Crippen LogP contribution in [0.25, 0.3) is 22.2 Å². The number of hydrogen-bond acceptors (Lipinski definition) is 6. The summed E-state index contributed by atoms with van der Waals surface area (Å²) in [7, 11) is -4.66. The number of benzene rings is 1. The predicted octanol–water partition coefficient (Wildman–Crippen LogP) is 1.24. The Kier molecular flexibility index (Phi) is 5.32. The van der Waals surface area contributed by atoms with Gasteiger partial charge in [0.05, 0.1) is 10.6 Å². The zero-order valence-corrected chi connectivity index (χ0v) is 18.9. The second-order valence-electron chi connectivity index (χ2n) is 7.89. The number of aryl methyl sites for hydroxylation is 4. The number of fused-ring (bicyclic) bond motifs is 1. The van der Waals surface area contributed by atoms with E-state index in [1.807, 2.05) is 6.92 Å². The van der Waals surface area contributed by atoms with Gasteiger partial charge in [-0.2, -0.15) is 0 Å². The Morgan fingerprint density at radius 3 is 2.12 bits per heavy atom. The molecule has 1 aromatic carbocycles. The Bertz CT molecular complexity index is 1500. The van der Waals surface area contributed by atoms with Gasteiger partial charge in [0.1, 0.15) is 5.52 Å². The van der Waals surface area contributed by atoms with Gasteiger partial charge >= 0.3 is 7.12 Å². The van der Waals surface area contributed by atoms with E-state index in [4.69, 9.17) is 0 Å². The smallest absolute Gasteiger partial charge is 0.423 e. The standard InChI is InChI=1S/C22H22BN3O5S/c1-13-5-7-17(8-6-13)32(30,31)26-20(16-9-14(2)24-15(3)10-16)11-18-19(23(28)29)12-25(4)22(27)21(18)26/h5-12,28-29H,1-4H3. The van der Waals surface area contributed by atoms with Gasteiger partial charge in [0.25, 0.3) is 15.6 Å². The molecule has 0 saturated carbocycles. The van der Waals surface area contributed by atoms with Crippen molar-refractivity contribution >= 4 is 33.5 Å². The fraction of sp³-hybridized carbons (Fsp3) is 0.182. The van der Waals surface area contributed by atoms with E-state index < -0.39 is 22.7 Å². The van der Waals surface area contributed by atoms with E-state index in [9.17, 15) is 23.3 Å². The second-order valence-corrected chi connectivity index (χ2v) is 9.67. The normalized spacial score (nSPS) is 11.8. The fourth-order valence-electron chi connectivity index (χ4n) is 3.87. The van der Waals surface area contributed by atoms with Crippen molar-refractivity contribution < 1.29 is 18.5 Å². The van der Waals surface area contributed by atoms with Gasteiger partial charge in [0.15, 0.2) is 0 Å². The van der Waals surface area contributed by atoms with Crippen LogP contribution in [0.4, 0.5) is 0 Å². The van der Waals surface area contributed by atoms with Gasteiger partial charge in [-0.25, -0.2) is 12.4 Å². The highest BCUT2D eigenvalue weighted by atomic mass is 32.2. The Morgan fingerprint density at radius 1 is 0.969 bits per heavy atom. The minimum atomic E-state index is -4.21. The molecule has 4 rings (SSSR count). The third-order valence-corrected chi connectivity index (χ3v) is 7.07. The summed E-state index contributed by atoms with van der Waals surface area (Å²) in [5.74, 6) is 0. The molecule has 0 bridgehead atoms. The first-order valence-electron chi connectivity index (χ1n) is 9.89. The van der Waals surface area contributed by atoms with Crippen LogP contribution in [-0.4, -0.2) is 39.1 Å². The summed E-state index contributed by atoms with van der Waals surface area (Å²) in [4.78, 5) is 17.5. The lowest BCUT2D eigenvalue weighted by atomic mass is 9.79. The zero-order valence-electron chi connectivity index (χ0n) is 18.1. The summed E-state index contributed by atoms with van der Waals surface area (Å²) < 4.78 is 29.7. The molecule has 0 aliphatic rings. The summed E-state index contributed by atoms with van der Waals surface area (Å²) in [5.41, 5.74) is 2.34. The maximum Gasteiger partial charge on any atom is 0.490 e.